The van der Waals surface area contributed by atoms with Crippen LogP contribution in [0.5, 0.6) is 17.2 Å². The van der Waals surface area contributed by atoms with Crippen LogP contribution in [0, 0.1) is 0 Å². The van der Waals surface area contributed by atoms with Gasteiger partial charge in [-0.3, -0.25) is 4.79 Å². The number of benzene rings is 2. The van der Waals surface area contributed by atoms with E-state index in [9.17, 15) is 9.90 Å². The van der Waals surface area contributed by atoms with Crippen LogP contribution >= 0.6 is 11.3 Å². The number of hydrogen-bond acceptors (Lipinski definition) is 6. The molecular formula is C26H37N3O3S. The quantitative estimate of drug-likeness (QED) is 0.375. The minimum Gasteiger partial charge on any atom is -0.504 e. The van der Waals surface area contributed by atoms with Crippen LogP contribution < -0.4 is 15.4 Å². The number of carbonyl (C=O) groups excluding carboxylic acids is 1. The number of ether oxygens (including phenoxy) is 1. The molecule has 1 aliphatic heterocycles. The monoisotopic (exact) mass is 471 g/mol. The normalized spacial score (nSPS) is 13.5. The Morgan fingerprint density at radius 3 is 2.48 bits per heavy atom. The summed E-state index contributed by atoms with van der Waals surface area (Å²) < 4.78 is 5.83. The van der Waals surface area contributed by atoms with Gasteiger partial charge in [0.15, 0.2) is 16.6 Å². The predicted octanol–water partition coefficient (Wildman–Crippen LogP) is 6.94. The van der Waals surface area contributed by atoms with Crippen LogP contribution in [0.4, 0.5) is 5.13 Å². The number of amides is 1. The van der Waals surface area contributed by atoms with E-state index in [1.54, 1.807) is 12.3 Å². The highest BCUT2D eigenvalue weighted by Gasteiger charge is 2.25. The summed E-state index contributed by atoms with van der Waals surface area (Å²) in [7, 11) is 0. The fraction of sp³-hybridized carbons (Fsp3) is 0.385. The van der Waals surface area contributed by atoms with Crippen molar-refractivity contribution in [3.8, 4) is 17.2 Å². The number of thiazole rings is 1. The molecule has 0 bridgehead atoms. The van der Waals surface area contributed by atoms with Gasteiger partial charge in [0.2, 0.25) is 5.91 Å². The summed E-state index contributed by atoms with van der Waals surface area (Å²) in [5.41, 5.74) is 2.00. The highest BCUT2D eigenvalue weighted by atomic mass is 32.1. The summed E-state index contributed by atoms with van der Waals surface area (Å²) in [6, 6.07) is 12.7. The van der Waals surface area contributed by atoms with Crippen LogP contribution in [0.15, 0.2) is 54.0 Å². The lowest BCUT2D eigenvalue weighted by atomic mass is 9.91. The van der Waals surface area contributed by atoms with Crippen LogP contribution in [-0.4, -0.2) is 22.5 Å². The molecule has 6 nitrogen and oxygen atoms in total. The molecule has 1 aliphatic rings. The summed E-state index contributed by atoms with van der Waals surface area (Å²) in [6.45, 7) is 12.8. The molecule has 0 aliphatic carbocycles. The highest BCUT2D eigenvalue weighted by molar-refractivity contribution is 7.13. The highest BCUT2D eigenvalue weighted by Crippen LogP contribution is 2.38. The van der Waals surface area contributed by atoms with Gasteiger partial charge in [-0.05, 0) is 48.4 Å². The van der Waals surface area contributed by atoms with E-state index in [1.807, 2.05) is 83.3 Å². The second-order valence-electron chi connectivity index (χ2n) is 6.28. The Labute approximate surface area is 202 Å². The standard InChI is InChI=1S/C20H19N3O3S.3C2H6/c24-17-10-13-6-7-21-16(12-19(25)23-20-22-8-9-27-20)15(13)11-18(17)26-14-4-2-1-3-5-14;3*1-2/h1-5,8-11,16,21,24H,6-7,12H2,(H,22,23,25);3*1-2H3. The second kappa shape index (κ2) is 15.8. The summed E-state index contributed by atoms with van der Waals surface area (Å²) in [5, 5.41) is 18.9. The zero-order valence-corrected chi connectivity index (χ0v) is 21.3. The van der Waals surface area contributed by atoms with Gasteiger partial charge >= 0.3 is 0 Å². The fourth-order valence-corrected chi connectivity index (χ4v) is 3.72. The first-order chi connectivity index (χ1) is 16.2. The molecule has 180 valence electrons. The van der Waals surface area contributed by atoms with Gasteiger partial charge in [0.05, 0.1) is 0 Å². The minimum absolute atomic E-state index is 0.102. The average molecular weight is 472 g/mol. The Hall–Kier alpha value is -2.90. The maximum absolute atomic E-state index is 12.4. The molecule has 1 atom stereocenters. The SMILES string of the molecule is CC.CC.CC.O=C(CC1NCCc2cc(O)c(Oc3ccccc3)cc21)Nc1nccs1. The molecule has 1 aromatic heterocycles. The molecule has 7 heteroatoms. The Kier molecular flexibility index (Phi) is 13.5. The van der Waals surface area contributed by atoms with Gasteiger partial charge in [0.25, 0.3) is 0 Å². The van der Waals surface area contributed by atoms with E-state index in [1.165, 1.54) is 11.3 Å². The first-order valence-corrected chi connectivity index (χ1v) is 12.6. The maximum Gasteiger partial charge on any atom is 0.228 e. The lowest BCUT2D eigenvalue weighted by molar-refractivity contribution is -0.116. The number of nitrogens with one attached hydrogen (secondary N) is 2. The number of para-hydroxylation sites is 1. The van der Waals surface area contributed by atoms with Crippen molar-refractivity contribution < 1.29 is 14.6 Å². The Balaban J connectivity index is 0.000000841. The first-order valence-electron chi connectivity index (χ1n) is 11.7. The van der Waals surface area contributed by atoms with E-state index in [2.05, 4.69) is 15.6 Å². The van der Waals surface area contributed by atoms with Crippen molar-refractivity contribution in [2.75, 3.05) is 11.9 Å². The molecule has 1 unspecified atom stereocenters. The molecule has 33 heavy (non-hydrogen) atoms. The van der Waals surface area contributed by atoms with E-state index < -0.39 is 0 Å². The van der Waals surface area contributed by atoms with E-state index in [4.69, 9.17) is 4.74 Å². The Bertz CT molecular complexity index is 931. The van der Waals surface area contributed by atoms with Crippen molar-refractivity contribution in [2.45, 2.75) is 60.4 Å². The smallest absolute Gasteiger partial charge is 0.228 e. The third-order valence-corrected chi connectivity index (χ3v) is 5.11. The molecule has 4 rings (SSSR count). The average Bonchev–Trinajstić information content (AvgIpc) is 3.37. The molecule has 2 aromatic carbocycles. The van der Waals surface area contributed by atoms with Crippen molar-refractivity contribution in [3.05, 3.63) is 65.2 Å². The topological polar surface area (TPSA) is 83.5 Å². The van der Waals surface area contributed by atoms with Gasteiger partial charge < -0.3 is 20.5 Å². The van der Waals surface area contributed by atoms with Crippen molar-refractivity contribution in [2.24, 2.45) is 0 Å². The molecule has 0 saturated heterocycles. The molecule has 0 saturated carbocycles. The Morgan fingerprint density at radius 2 is 1.85 bits per heavy atom. The van der Waals surface area contributed by atoms with Crippen molar-refractivity contribution >= 4 is 22.4 Å². The van der Waals surface area contributed by atoms with Gasteiger partial charge in [-0.15, -0.1) is 11.3 Å². The number of phenolic OH excluding ortho intramolecular Hbond substituents is 1. The van der Waals surface area contributed by atoms with Crippen LogP contribution in [0.1, 0.15) is 65.1 Å². The van der Waals surface area contributed by atoms with E-state index in [-0.39, 0.29) is 24.1 Å². The number of aromatic hydroxyl groups is 1. The largest absolute Gasteiger partial charge is 0.504 e. The van der Waals surface area contributed by atoms with E-state index in [0.29, 0.717) is 16.6 Å². The molecule has 0 radical (unpaired) electrons. The maximum atomic E-state index is 12.4. The molecule has 0 fully saturated rings. The van der Waals surface area contributed by atoms with Crippen LogP contribution in [0.2, 0.25) is 0 Å². The van der Waals surface area contributed by atoms with Gasteiger partial charge in [-0.2, -0.15) is 0 Å². The molecule has 3 aromatic rings. The third kappa shape index (κ3) is 8.51. The third-order valence-electron chi connectivity index (χ3n) is 4.42. The van der Waals surface area contributed by atoms with Crippen LogP contribution in [-0.2, 0) is 11.2 Å². The Morgan fingerprint density at radius 1 is 1.15 bits per heavy atom. The lowest BCUT2D eigenvalue weighted by Crippen LogP contribution is -2.32. The predicted molar refractivity (Wildman–Crippen MR) is 138 cm³/mol. The van der Waals surface area contributed by atoms with Crippen molar-refractivity contribution in [1.82, 2.24) is 10.3 Å². The van der Waals surface area contributed by atoms with E-state index in [0.717, 1.165) is 24.1 Å². The molecule has 1 amide bonds. The van der Waals surface area contributed by atoms with Gasteiger partial charge in [-0.25, -0.2) is 4.98 Å². The van der Waals surface area contributed by atoms with Gasteiger partial charge in [0, 0.05) is 24.0 Å². The van der Waals surface area contributed by atoms with Crippen molar-refractivity contribution in [1.29, 1.82) is 0 Å². The fourth-order valence-electron chi connectivity index (χ4n) is 3.18. The van der Waals surface area contributed by atoms with Crippen LogP contribution in [0.3, 0.4) is 0 Å². The van der Waals surface area contributed by atoms with Gasteiger partial charge in [-0.1, -0.05) is 59.7 Å². The molecule has 0 spiro atoms. The number of rotatable bonds is 5. The number of fused-ring (bicyclic) bond motifs is 1. The summed E-state index contributed by atoms with van der Waals surface area (Å²) in [4.78, 5) is 16.4. The molecule has 3 N–H and O–H groups in total. The second-order valence-corrected chi connectivity index (χ2v) is 7.17. The number of aromatic nitrogens is 1. The number of hydrogen-bond donors (Lipinski definition) is 3. The first kappa shape index (κ1) is 28.1. The number of carbonyl (C=O) groups is 1. The number of nitrogens with zero attached hydrogens (tertiary/aromatic N) is 1. The lowest BCUT2D eigenvalue weighted by Gasteiger charge is -2.27. The number of anilines is 1. The van der Waals surface area contributed by atoms with Crippen LogP contribution in [0.25, 0.3) is 0 Å². The summed E-state index contributed by atoms with van der Waals surface area (Å²) in [5.74, 6) is 1.03. The summed E-state index contributed by atoms with van der Waals surface area (Å²) in [6.07, 6.45) is 2.73. The zero-order valence-electron chi connectivity index (χ0n) is 20.5. The summed E-state index contributed by atoms with van der Waals surface area (Å²) >= 11 is 1.39. The molecule has 2 heterocycles. The van der Waals surface area contributed by atoms with E-state index >= 15 is 0 Å². The van der Waals surface area contributed by atoms with Crippen molar-refractivity contribution in [3.63, 3.8) is 0 Å². The minimum atomic E-state index is -0.146. The number of phenols is 1. The van der Waals surface area contributed by atoms with Gasteiger partial charge in [0.1, 0.15) is 5.75 Å². The zero-order chi connectivity index (χ0) is 24.6. The molecular weight excluding hydrogens is 434 g/mol.